The van der Waals surface area contributed by atoms with Crippen LogP contribution < -0.4 is 5.43 Å². The molecule has 1 aromatic heterocycles. The maximum atomic E-state index is 11.9. The van der Waals surface area contributed by atoms with Crippen molar-refractivity contribution in [3.05, 3.63) is 46.4 Å². The van der Waals surface area contributed by atoms with E-state index in [9.17, 15) is 9.59 Å². The number of aromatic nitrogens is 1. The van der Waals surface area contributed by atoms with Gasteiger partial charge in [0.05, 0.1) is 0 Å². The summed E-state index contributed by atoms with van der Waals surface area (Å²) >= 11 is 0. The standard InChI is InChI=1S/C14H19NO3/c1-3-5-6-7-11-9-15(8-4-2)10-12(13(11)16)14(17)18/h4,9-10H,2-3,5-8H2,1H3,(H,17,18). The Morgan fingerprint density at radius 1 is 1.44 bits per heavy atom. The molecule has 4 heteroatoms. The lowest BCUT2D eigenvalue weighted by atomic mass is 10.1. The van der Waals surface area contributed by atoms with Crippen molar-refractivity contribution in [2.45, 2.75) is 39.2 Å². The van der Waals surface area contributed by atoms with E-state index in [-0.39, 0.29) is 11.0 Å². The predicted octanol–water partition coefficient (Wildman–Crippen LogP) is 2.47. The number of carboxylic acid groups (broad SMARTS) is 1. The van der Waals surface area contributed by atoms with Gasteiger partial charge in [-0.1, -0.05) is 25.8 Å². The van der Waals surface area contributed by atoms with Crippen LogP contribution in [-0.4, -0.2) is 15.6 Å². The number of hydrogen-bond donors (Lipinski definition) is 1. The highest BCUT2D eigenvalue weighted by Gasteiger charge is 2.13. The summed E-state index contributed by atoms with van der Waals surface area (Å²) in [6.45, 7) is 6.20. The minimum absolute atomic E-state index is 0.161. The number of hydrogen-bond acceptors (Lipinski definition) is 2. The highest BCUT2D eigenvalue weighted by Crippen LogP contribution is 2.05. The van der Waals surface area contributed by atoms with E-state index in [0.29, 0.717) is 18.5 Å². The van der Waals surface area contributed by atoms with Gasteiger partial charge in [0.1, 0.15) is 5.56 Å². The summed E-state index contributed by atoms with van der Waals surface area (Å²) in [6, 6.07) is 0. The molecule has 0 aliphatic heterocycles. The zero-order chi connectivity index (χ0) is 13.5. The summed E-state index contributed by atoms with van der Waals surface area (Å²) < 4.78 is 1.69. The lowest BCUT2D eigenvalue weighted by Gasteiger charge is -2.08. The first-order valence-corrected chi connectivity index (χ1v) is 6.17. The van der Waals surface area contributed by atoms with Crippen molar-refractivity contribution in [1.29, 1.82) is 0 Å². The van der Waals surface area contributed by atoms with E-state index < -0.39 is 5.97 Å². The molecular formula is C14H19NO3. The third kappa shape index (κ3) is 3.58. The van der Waals surface area contributed by atoms with Crippen molar-refractivity contribution in [3.8, 4) is 0 Å². The summed E-state index contributed by atoms with van der Waals surface area (Å²) in [5.74, 6) is -1.17. The van der Waals surface area contributed by atoms with Crippen molar-refractivity contribution in [2.75, 3.05) is 0 Å². The number of rotatable bonds is 7. The zero-order valence-electron chi connectivity index (χ0n) is 10.7. The molecule has 0 radical (unpaired) electrons. The van der Waals surface area contributed by atoms with Gasteiger partial charge in [0, 0.05) is 24.5 Å². The second kappa shape index (κ2) is 6.79. The van der Waals surface area contributed by atoms with E-state index in [4.69, 9.17) is 5.11 Å². The van der Waals surface area contributed by atoms with Crippen LogP contribution in [0.15, 0.2) is 29.8 Å². The molecule has 4 nitrogen and oxygen atoms in total. The second-order valence-corrected chi connectivity index (χ2v) is 4.27. The number of pyridine rings is 1. The van der Waals surface area contributed by atoms with E-state index in [1.54, 1.807) is 16.8 Å². The molecule has 0 aromatic carbocycles. The maximum Gasteiger partial charge on any atom is 0.341 e. The number of allylic oxidation sites excluding steroid dienone is 1. The normalized spacial score (nSPS) is 10.3. The number of carbonyl (C=O) groups is 1. The van der Waals surface area contributed by atoms with Crippen LogP contribution in [0.5, 0.6) is 0 Å². The molecule has 18 heavy (non-hydrogen) atoms. The molecule has 0 amide bonds. The topological polar surface area (TPSA) is 59.3 Å². The largest absolute Gasteiger partial charge is 0.477 e. The molecule has 0 saturated carbocycles. The third-order valence-corrected chi connectivity index (χ3v) is 2.77. The van der Waals surface area contributed by atoms with Gasteiger partial charge in [0.2, 0.25) is 0 Å². The second-order valence-electron chi connectivity index (χ2n) is 4.27. The van der Waals surface area contributed by atoms with Gasteiger partial charge in [-0.25, -0.2) is 4.79 Å². The summed E-state index contributed by atoms with van der Waals surface area (Å²) in [4.78, 5) is 23.0. The van der Waals surface area contributed by atoms with E-state index in [2.05, 4.69) is 13.5 Å². The van der Waals surface area contributed by atoms with Gasteiger partial charge in [-0.15, -0.1) is 6.58 Å². The van der Waals surface area contributed by atoms with Crippen molar-refractivity contribution in [1.82, 2.24) is 4.57 Å². The van der Waals surface area contributed by atoms with Gasteiger partial charge in [0.15, 0.2) is 5.43 Å². The SMILES string of the molecule is C=CCn1cc(CCCCC)c(=O)c(C(=O)O)c1. The van der Waals surface area contributed by atoms with E-state index >= 15 is 0 Å². The van der Waals surface area contributed by atoms with E-state index in [0.717, 1.165) is 19.3 Å². The molecule has 0 spiro atoms. The number of aryl methyl sites for hydroxylation is 1. The Kier molecular flexibility index (Phi) is 5.36. The maximum absolute atomic E-state index is 11.9. The molecule has 0 aliphatic carbocycles. The number of carboxylic acids is 1. The van der Waals surface area contributed by atoms with Crippen LogP contribution in [0.1, 0.15) is 42.1 Å². The van der Waals surface area contributed by atoms with E-state index in [1.165, 1.54) is 6.20 Å². The van der Waals surface area contributed by atoms with Gasteiger partial charge >= 0.3 is 5.97 Å². The van der Waals surface area contributed by atoms with Crippen LogP contribution in [0.3, 0.4) is 0 Å². The molecule has 98 valence electrons. The molecule has 0 bridgehead atoms. The quantitative estimate of drug-likeness (QED) is 0.596. The Bertz CT molecular complexity index is 488. The summed E-state index contributed by atoms with van der Waals surface area (Å²) in [7, 11) is 0. The van der Waals surface area contributed by atoms with E-state index in [1.807, 2.05) is 0 Å². The predicted molar refractivity (Wildman–Crippen MR) is 71.1 cm³/mol. The number of aromatic carboxylic acids is 1. The first-order chi connectivity index (χ1) is 8.60. The van der Waals surface area contributed by atoms with Gasteiger partial charge in [0.25, 0.3) is 0 Å². The lowest BCUT2D eigenvalue weighted by molar-refractivity contribution is 0.0694. The van der Waals surface area contributed by atoms with Crippen LogP contribution >= 0.6 is 0 Å². The van der Waals surface area contributed by atoms with Crippen molar-refractivity contribution in [3.63, 3.8) is 0 Å². The molecule has 1 aromatic rings. The van der Waals surface area contributed by atoms with Gasteiger partial charge in [-0.05, 0) is 12.8 Å². The minimum Gasteiger partial charge on any atom is -0.477 e. The van der Waals surface area contributed by atoms with Crippen LogP contribution in [0, 0.1) is 0 Å². The number of nitrogens with zero attached hydrogens (tertiary/aromatic N) is 1. The Labute approximate surface area is 107 Å². The molecule has 1 rings (SSSR count). The van der Waals surface area contributed by atoms with Crippen LogP contribution in [0.25, 0.3) is 0 Å². The van der Waals surface area contributed by atoms with Crippen LogP contribution in [0.4, 0.5) is 0 Å². The fourth-order valence-corrected chi connectivity index (χ4v) is 1.84. The number of unbranched alkanes of at least 4 members (excludes halogenated alkanes) is 2. The minimum atomic E-state index is -1.17. The molecular weight excluding hydrogens is 230 g/mol. The monoisotopic (exact) mass is 249 g/mol. The Hall–Kier alpha value is -1.84. The molecule has 1 heterocycles. The third-order valence-electron chi connectivity index (χ3n) is 2.77. The highest BCUT2D eigenvalue weighted by molar-refractivity contribution is 5.87. The van der Waals surface area contributed by atoms with Crippen LogP contribution in [0.2, 0.25) is 0 Å². The Morgan fingerprint density at radius 3 is 2.72 bits per heavy atom. The van der Waals surface area contributed by atoms with Crippen molar-refractivity contribution < 1.29 is 9.90 Å². The summed E-state index contributed by atoms with van der Waals surface area (Å²) in [5.41, 5.74) is 0.0509. The van der Waals surface area contributed by atoms with Gasteiger partial charge in [-0.2, -0.15) is 0 Å². The molecule has 0 atom stereocenters. The van der Waals surface area contributed by atoms with Gasteiger partial charge < -0.3 is 9.67 Å². The van der Waals surface area contributed by atoms with Crippen LogP contribution in [-0.2, 0) is 13.0 Å². The highest BCUT2D eigenvalue weighted by atomic mass is 16.4. The van der Waals surface area contributed by atoms with Gasteiger partial charge in [-0.3, -0.25) is 4.79 Å². The average Bonchev–Trinajstić information content (AvgIpc) is 2.33. The summed E-state index contributed by atoms with van der Waals surface area (Å²) in [5, 5.41) is 9.02. The first-order valence-electron chi connectivity index (χ1n) is 6.17. The average molecular weight is 249 g/mol. The zero-order valence-corrected chi connectivity index (χ0v) is 10.7. The Balaban J connectivity index is 3.10. The molecule has 0 fully saturated rings. The summed E-state index contributed by atoms with van der Waals surface area (Å²) in [6.07, 6.45) is 8.42. The molecule has 0 aliphatic rings. The molecule has 1 N–H and O–H groups in total. The first kappa shape index (κ1) is 14.2. The Morgan fingerprint density at radius 2 is 2.17 bits per heavy atom. The molecule has 0 unspecified atom stereocenters. The van der Waals surface area contributed by atoms with Crippen molar-refractivity contribution >= 4 is 5.97 Å². The fraction of sp³-hybridized carbons (Fsp3) is 0.429. The van der Waals surface area contributed by atoms with Crippen molar-refractivity contribution in [2.24, 2.45) is 0 Å². The smallest absolute Gasteiger partial charge is 0.341 e. The fourth-order valence-electron chi connectivity index (χ4n) is 1.84. The molecule has 0 saturated heterocycles. The lowest BCUT2D eigenvalue weighted by Crippen LogP contribution is -2.21.